The molecule has 1 aromatic rings. The van der Waals surface area contributed by atoms with E-state index in [0.717, 1.165) is 11.1 Å². The third kappa shape index (κ3) is 3.39. The van der Waals surface area contributed by atoms with Gasteiger partial charge >= 0.3 is 0 Å². The van der Waals surface area contributed by atoms with Crippen molar-refractivity contribution in [3.63, 3.8) is 0 Å². The normalized spacial score (nSPS) is 10.9. The number of pyridine rings is 1. The first-order chi connectivity index (χ1) is 8.13. The molecule has 0 saturated heterocycles. The molecular formula is C12H19NO4. The van der Waals surface area contributed by atoms with Gasteiger partial charge in [-0.1, -0.05) is 0 Å². The van der Waals surface area contributed by atoms with E-state index in [1.807, 2.05) is 13.8 Å². The second-order valence-corrected chi connectivity index (χ2v) is 4.04. The van der Waals surface area contributed by atoms with Crippen molar-refractivity contribution >= 4 is 0 Å². The number of aliphatic hydroxyl groups is 3. The average Bonchev–Trinajstić information content (AvgIpc) is 2.34. The summed E-state index contributed by atoms with van der Waals surface area (Å²) in [6.07, 6.45) is 1.64. The molecule has 0 aromatic carbocycles. The van der Waals surface area contributed by atoms with E-state index in [1.54, 1.807) is 6.20 Å². The number of aromatic nitrogens is 1. The van der Waals surface area contributed by atoms with E-state index in [4.69, 9.17) is 20.1 Å². The molecule has 1 aromatic heterocycles. The predicted molar refractivity (Wildman–Crippen MR) is 62.8 cm³/mol. The molecule has 0 aliphatic rings. The minimum absolute atomic E-state index is 0.119. The van der Waals surface area contributed by atoms with E-state index >= 15 is 0 Å². The van der Waals surface area contributed by atoms with E-state index in [-0.39, 0.29) is 32.3 Å². The molecule has 0 aliphatic heterocycles. The highest BCUT2D eigenvalue weighted by Gasteiger charge is 2.12. The van der Waals surface area contributed by atoms with Gasteiger partial charge in [0.25, 0.3) is 0 Å². The molecule has 1 heterocycles. The minimum Gasteiger partial charge on any atom is -0.492 e. The number of hydrogen-bond acceptors (Lipinski definition) is 5. The Balaban J connectivity index is 2.82. The minimum atomic E-state index is -0.292. The van der Waals surface area contributed by atoms with Crippen molar-refractivity contribution in [2.75, 3.05) is 19.8 Å². The number of aliphatic hydroxyl groups excluding tert-OH is 3. The highest BCUT2D eigenvalue weighted by atomic mass is 16.5. The standard InChI is InChI=1S/C12H19NO4/c1-8-3-13-11(6-16)9(2)12(8)17-7-10(4-14)5-15/h3,10,14-16H,4-7H2,1-2H3. The number of rotatable bonds is 6. The van der Waals surface area contributed by atoms with Crippen LogP contribution >= 0.6 is 0 Å². The van der Waals surface area contributed by atoms with Gasteiger partial charge in [-0.25, -0.2) is 0 Å². The lowest BCUT2D eigenvalue weighted by Crippen LogP contribution is -2.20. The van der Waals surface area contributed by atoms with Crippen molar-refractivity contribution < 1.29 is 20.1 Å². The van der Waals surface area contributed by atoms with Crippen LogP contribution < -0.4 is 4.74 Å². The van der Waals surface area contributed by atoms with E-state index in [2.05, 4.69) is 4.98 Å². The molecule has 17 heavy (non-hydrogen) atoms. The fraction of sp³-hybridized carbons (Fsp3) is 0.583. The van der Waals surface area contributed by atoms with E-state index in [9.17, 15) is 0 Å². The lowest BCUT2D eigenvalue weighted by Gasteiger charge is -2.17. The molecule has 0 aliphatic carbocycles. The highest BCUT2D eigenvalue weighted by molar-refractivity contribution is 5.40. The van der Waals surface area contributed by atoms with Crippen LogP contribution in [0, 0.1) is 19.8 Å². The molecular weight excluding hydrogens is 222 g/mol. The van der Waals surface area contributed by atoms with Gasteiger partial charge in [-0.3, -0.25) is 4.98 Å². The molecule has 1 rings (SSSR count). The number of nitrogens with zero attached hydrogens (tertiary/aromatic N) is 1. The maximum atomic E-state index is 9.11. The zero-order valence-electron chi connectivity index (χ0n) is 10.2. The Morgan fingerprint density at radius 2 is 1.88 bits per heavy atom. The summed E-state index contributed by atoms with van der Waals surface area (Å²) in [4.78, 5) is 4.10. The molecule has 96 valence electrons. The summed E-state index contributed by atoms with van der Waals surface area (Å²) in [5.41, 5.74) is 2.24. The van der Waals surface area contributed by atoms with Crippen molar-refractivity contribution in [3.8, 4) is 5.75 Å². The van der Waals surface area contributed by atoms with Crippen LogP contribution in [0.2, 0.25) is 0 Å². The van der Waals surface area contributed by atoms with Crippen LogP contribution in [-0.4, -0.2) is 40.1 Å². The van der Waals surface area contributed by atoms with Gasteiger partial charge in [-0.05, 0) is 13.8 Å². The fourth-order valence-corrected chi connectivity index (χ4v) is 1.50. The monoisotopic (exact) mass is 241 g/mol. The summed E-state index contributed by atoms with van der Waals surface area (Å²) in [5, 5.41) is 27.0. The van der Waals surface area contributed by atoms with Crippen LogP contribution in [-0.2, 0) is 6.61 Å². The van der Waals surface area contributed by atoms with Crippen molar-refractivity contribution in [2.24, 2.45) is 5.92 Å². The Labute approximate surface area is 101 Å². The maximum absolute atomic E-state index is 9.11. The molecule has 0 radical (unpaired) electrons. The van der Waals surface area contributed by atoms with Gasteiger partial charge in [0.1, 0.15) is 5.75 Å². The molecule has 0 bridgehead atoms. The second-order valence-electron chi connectivity index (χ2n) is 4.04. The summed E-state index contributed by atoms with van der Waals surface area (Å²) < 4.78 is 5.58. The number of hydrogen-bond donors (Lipinski definition) is 3. The van der Waals surface area contributed by atoms with E-state index < -0.39 is 0 Å². The van der Waals surface area contributed by atoms with Gasteiger partial charge in [0, 0.05) is 23.2 Å². The van der Waals surface area contributed by atoms with Crippen LogP contribution in [0.15, 0.2) is 6.20 Å². The summed E-state index contributed by atoms with van der Waals surface area (Å²) in [7, 11) is 0. The molecule has 3 N–H and O–H groups in total. The fourth-order valence-electron chi connectivity index (χ4n) is 1.50. The summed E-state index contributed by atoms with van der Waals surface area (Å²) in [6.45, 7) is 3.56. The first-order valence-electron chi connectivity index (χ1n) is 5.54. The smallest absolute Gasteiger partial charge is 0.128 e. The molecule has 0 fully saturated rings. The van der Waals surface area contributed by atoms with E-state index in [0.29, 0.717) is 11.4 Å². The molecule has 5 nitrogen and oxygen atoms in total. The Morgan fingerprint density at radius 1 is 1.24 bits per heavy atom. The van der Waals surface area contributed by atoms with Crippen molar-refractivity contribution in [3.05, 3.63) is 23.0 Å². The first kappa shape index (κ1) is 13.9. The third-order valence-electron chi connectivity index (χ3n) is 2.68. The Morgan fingerprint density at radius 3 is 2.41 bits per heavy atom. The van der Waals surface area contributed by atoms with Crippen LogP contribution in [0.4, 0.5) is 0 Å². The summed E-state index contributed by atoms with van der Waals surface area (Å²) in [5.74, 6) is 0.371. The van der Waals surface area contributed by atoms with Gasteiger partial charge in [-0.2, -0.15) is 0 Å². The molecule has 0 amide bonds. The Hall–Kier alpha value is -1.17. The lowest BCUT2D eigenvalue weighted by atomic mass is 10.1. The third-order valence-corrected chi connectivity index (χ3v) is 2.68. The van der Waals surface area contributed by atoms with Crippen molar-refractivity contribution in [1.82, 2.24) is 4.98 Å². The quantitative estimate of drug-likeness (QED) is 0.661. The molecule has 0 saturated carbocycles. The van der Waals surface area contributed by atoms with E-state index in [1.165, 1.54) is 0 Å². The zero-order chi connectivity index (χ0) is 12.8. The maximum Gasteiger partial charge on any atom is 0.128 e. The molecule has 0 unspecified atom stereocenters. The summed E-state index contributed by atoms with van der Waals surface area (Å²) >= 11 is 0. The molecule has 0 spiro atoms. The largest absolute Gasteiger partial charge is 0.492 e. The van der Waals surface area contributed by atoms with Crippen LogP contribution in [0.3, 0.4) is 0 Å². The van der Waals surface area contributed by atoms with Gasteiger partial charge in [0.05, 0.1) is 32.1 Å². The van der Waals surface area contributed by atoms with Gasteiger partial charge in [0.2, 0.25) is 0 Å². The lowest BCUT2D eigenvalue weighted by molar-refractivity contribution is 0.105. The Kier molecular flexibility index (Phi) is 5.34. The van der Waals surface area contributed by atoms with Gasteiger partial charge < -0.3 is 20.1 Å². The number of ether oxygens (including phenoxy) is 1. The zero-order valence-corrected chi connectivity index (χ0v) is 10.2. The molecule has 5 heteroatoms. The average molecular weight is 241 g/mol. The van der Waals surface area contributed by atoms with Crippen LogP contribution in [0.5, 0.6) is 5.75 Å². The number of aryl methyl sites for hydroxylation is 1. The van der Waals surface area contributed by atoms with Crippen molar-refractivity contribution in [2.45, 2.75) is 20.5 Å². The first-order valence-corrected chi connectivity index (χ1v) is 5.54. The SMILES string of the molecule is Cc1cnc(CO)c(C)c1OCC(CO)CO. The Bertz CT molecular complexity index is 364. The summed E-state index contributed by atoms with van der Waals surface area (Å²) in [6, 6.07) is 0. The topological polar surface area (TPSA) is 82.8 Å². The van der Waals surface area contributed by atoms with Crippen LogP contribution in [0.25, 0.3) is 0 Å². The van der Waals surface area contributed by atoms with Crippen LogP contribution in [0.1, 0.15) is 16.8 Å². The predicted octanol–water partition coefficient (Wildman–Crippen LogP) is 0.170. The van der Waals surface area contributed by atoms with Crippen molar-refractivity contribution in [1.29, 1.82) is 0 Å². The van der Waals surface area contributed by atoms with Gasteiger partial charge in [-0.15, -0.1) is 0 Å². The van der Waals surface area contributed by atoms with Gasteiger partial charge in [0.15, 0.2) is 0 Å². The highest BCUT2D eigenvalue weighted by Crippen LogP contribution is 2.24. The second kappa shape index (κ2) is 6.54. The molecule has 0 atom stereocenters.